The Hall–Kier alpha value is -1.24. The van der Waals surface area contributed by atoms with Crippen LogP contribution in [-0.4, -0.2) is 47.0 Å². The minimum atomic E-state index is -1.09. The fraction of sp³-hybridized carbons (Fsp3) is 0.750. The zero-order valence-electron chi connectivity index (χ0n) is 10.8. The lowest BCUT2D eigenvalue weighted by Gasteiger charge is -2.22. The maximum absolute atomic E-state index is 11.7. The van der Waals surface area contributed by atoms with Crippen molar-refractivity contribution in [2.75, 3.05) is 11.5 Å². The first-order valence-corrected chi connectivity index (χ1v) is 7.58. The van der Waals surface area contributed by atoms with Crippen LogP contribution in [0.5, 0.6) is 0 Å². The maximum atomic E-state index is 11.7. The molecule has 0 bridgehead atoms. The maximum Gasteiger partial charge on any atom is 0.327 e. The molecular weight excluding hydrogens is 268 g/mol. The second kappa shape index (κ2) is 8.79. The van der Waals surface area contributed by atoms with Crippen molar-refractivity contribution in [2.24, 2.45) is 0 Å². The van der Waals surface area contributed by atoms with Crippen molar-refractivity contribution < 1.29 is 19.5 Å². The molecule has 1 aliphatic rings. The monoisotopic (exact) mass is 288 g/mol. The Morgan fingerprint density at radius 3 is 2.58 bits per heavy atom. The van der Waals surface area contributed by atoms with Gasteiger partial charge in [-0.2, -0.15) is 0 Å². The van der Waals surface area contributed by atoms with Crippen LogP contribution in [0.25, 0.3) is 0 Å². The van der Waals surface area contributed by atoms with Crippen molar-refractivity contribution in [3.63, 3.8) is 0 Å². The van der Waals surface area contributed by atoms with Gasteiger partial charge in [0, 0.05) is 11.8 Å². The van der Waals surface area contributed by atoms with E-state index in [2.05, 4.69) is 10.6 Å². The van der Waals surface area contributed by atoms with Gasteiger partial charge in [-0.25, -0.2) is 4.79 Å². The van der Waals surface area contributed by atoms with Crippen molar-refractivity contribution in [2.45, 2.75) is 44.2 Å². The third-order valence-corrected chi connectivity index (χ3v) is 4.09. The second-order valence-electron chi connectivity index (χ2n) is 4.59. The molecule has 0 aliphatic heterocycles. The normalized spacial score (nSPS) is 17.5. The average molecular weight is 288 g/mol. The molecule has 3 N–H and O–H groups in total. The van der Waals surface area contributed by atoms with Crippen LogP contribution in [0.15, 0.2) is 0 Å². The summed E-state index contributed by atoms with van der Waals surface area (Å²) in [7, 11) is 0. The van der Waals surface area contributed by atoms with Crippen LogP contribution in [0, 0.1) is 0 Å². The highest BCUT2D eigenvalue weighted by molar-refractivity contribution is 8.00. The Bertz CT molecular complexity index is 319. The molecule has 7 heteroatoms. The van der Waals surface area contributed by atoms with Crippen LogP contribution in [0.1, 0.15) is 32.1 Å². The summed E-state index contributed by atoms with van der Waals surface area (Å²) in [5.41, 5.74) is 0. The number of hydrogen-bond donors (Lipinski definition) is 3. The Kier molecular flexibility index (Phi) is 7.32. The molecule has 1 fully saturated rings. The average Bonchev–Trinajstić information content (AvgIpc) is 2.38. The van der Waals surface area contributed by atoms with Gasteiger partial charge in [0.05, 0.1) is 5.75 Å². The lowest BCUT2D eigenvalue weighted by molar-refractivity contribution is -0.139. The fourth-order valence-corrected chi connectivity index (χ4v) is 2.92. The van der Waals surface area contributed by atoms with Crippen LogP contribution >= 0.6 is 11.8 Å². The fourth-order valence-electron chi connectivity index (χ4n) is 2.06. The van der Waals surface area contributed by atoms with E-state index >= 15 is 0 Å². The van der Waals surface area contributed by atoms with Crippen LogP contribution in [0.2, 0.25) is 0 Å². The first-order chi connectivity index (χ1) is 9.13. The summed E-state index contributed by atoms with van der Waals surface area (Å²) in [5.74, 6) is -0.744. The van der Waals surface area contributed by atoms with Crippen molar-refractivity contribution in [1.29, 1.82) is 0 Å². The molecule has 1 aliphatic carbocycles. The summed E-state index contributed by atoms with van der Waals surface area (Å²) in [5, 5.41) is 14.0. The zero-order valence-corrected chi connectivity index (χ0v) is 11.6. The van der Waals surface area contributed by atoms with Gasteiger partial charge in [0.1, 0.15) is 6.04 Å². The third-order valence-electron chi connectivity index (χ3n) is 3.06. The highest BCUT2D eigenvalue weighted by Crippen LogP contribution is 2.17. The van der Waals surface area contributed by atoms with Gasteiger partial charge < -0.3 is 15.7 Å². The molecule has 0 saturated heterocycles. The molecule has 1 rings (SSSR count). The van der Waals surface area contributed by atoms with Crippen LogP contribution in [0.4, 0.5) is 0 Å². The van der Waals surface area contributed by atoms with Crippen molar-refractivity contribution in [3.05, 3.63) is 0 Å². The summed E-state index contributed by atoms with van der Waals surface area (Å²) in [6, 6.07) is -0.671. The highest BCUT2D eigenvalue weighted by Gasteiger charge is 2.18. The number of carboxylic acids is 1. The summed E-state index contributed by atoms with van der Waals surface area (Å²) >= 11 is 1.21. The molecule has 108 valence electrons. The molecule has 6 nitrogen and oxygen atoms in total. The number of aliphatic carboxylic acids is 1. The van der Waals surface area contributed by atoms with Gasteiger partial charge in [-0.05, 0) is 12.8 Å². The number of nitrogens with one attached hydrogen (secondary N) is 2. The van der Waals surface area contributed by atoms with E-state index in [4.69, 9.17) is 5.11 Å². The third kappa shape index (κ3) is 6.47. The Morgan fingerprint density at radius 1 is 1.32 bits per heavy atom. The molecule has 0 heterocycles. The molecule has 0 spiro atoms. The van der Waals surface area contributed by atoms with Crippen LogP contribution < -0.4 is 10.6 Å². The van der Waals surface area contributed by atoms with Crippen LogP contribution in [0.3, 0.4) is 0 Å². The van der Waals surface area contributed by atoms with Gasteiger partial charge in [0.15, 0.2) is 0 Å². The standard InChI is InChI=1S/C12H20N2O4S/c15-8-13-10(12(17)18)6-19-7-11(16)14-9-4-2-1-3-5-9/h8-10H,1-7H2,(H,13,15)(H,14,16)(H,17,18). The van der Waals surface area contributed by atoms with E-state index in [0.717, 1.165) is 25.7 Å². The lowest BCUT2D eigenvalue weighted by atomic mass is 9.95. The summed E-state index contributed by atoms with van der Waals surface area (Å²) in [6.45, 7) is 0. The Labute approximate surface area is 116 Å². The molecule has 2 amide bonds. The van der Waals surface area contributed by atoms with Gasteiger partial charge in [0.25, 0.3) is 0 Å². The molecule has 1 atom stereocenters. The predicted octanol–water partition coefficient (Wildman–Crippen LogP) is 0.368. The first kappa shape index (κ1) is 15.8. The smallest absolute Gasteiger partial charge is 0.327 e. The van der Waals surface area contributed by atoms with Crippen molar-refractivity contribution in [1.82, 2.24) is 10.6 Å². The van der Waals surface area contributed by atoms with E-state index in [0.29, 0.717) is 6.41 Å². The SMILES string of the molecule is O=CNC(CSCC(=O)NC1CCCCC1)C(=O)O. The van der Waals surface area contributed by atoms with Gasteiger partial charge in [-0.15, -0.1) is 11.8 Å². The lowest BCUT2D eigenvalue weighted by Crippen LogP contribution is -2.39. The molecule has 0 aromatic carbocycles. The number of carbonyl (C=O) groups is 3. The number of amides is 2. The minimum absolute atomic E-state index is 0.0628. The predicted molar refractivity (Wildman–Crippen MR) is 73.0 cm³/mol. The Balaban J connectivity index is 2.18. The highest BCUT2D eigenvalue weighted by atomic mass is 32.2. The van der Waals surface area contributed by atoms with Gasteiger partial charge in [-0.3, -0.25) is 9.59 Å². The van der Waals surface area contributed by atoms with Crippen LogP contribution in [-0.2, 0) is 14.4 Å². The molecule has 1 saturated carbocycles. The van der Waals surface area contributed by atoms with E-state index in [1.807, 2.05) is 0 Å². The van der Waals surface area contributed by atoms with E-state index < -0.39 is 12.0 Å². The molecule has 0 aromatic rings. The number of thioether (sulfide) groups is 1. The van der Waals surface area contributed by atoms with Gasteiger partial charge in [-0.1, -0.05) is 19.3 Å². The van der Waals surface area contributed by atoms with Crippen molar-refractivity contribution in [3.8, 4) is 0 Å². The zero-order chi connectivity index (χ0) is 14.1. The van der Waals surface area contributed by atoms with Crippen molar-refractivity contribution >= 4 is 30.0 Å². The van der Waals surface area contributed by atoms with Gasteiger partial charge >= 0.3 is 5.97 Å². The quantitative estimate of drug-likeness (QED) is 0.561. The van der Waals surface area contributed by atoms with Gasteiger partial charge in [0.2, 0.25) is 12.3 Å². The number of rotatable bonds is 8. The van der Waals surface area contributed by atoms with E-state index in [9.17, 15) is 14.4 Å². The molecular formula is C12H20N2O4S. The van der Waals surface area contributed by atoms with E-state index in [1.54, 1.807) is 0 Å². The summed E-state index contributed by atoms with van der Waals surface area (Å²) in [6.07, 6.45) is 5.97. The second-order valence-corrected chi connectivity index (χ2v) is 5.62. The largest absolute Gasteiger partial charge is 0.480 e. The molecule has 0 radical (unpaired) electrons. The number of carboxylic acid groups (broad SMARTS) is 1. The van der Waals surface area contributed by atoms with E-state index in [-0.39, 0.29) is 23.5 Å². The molecule has 1 unspecified atom stereocenters. The molecule has 19 heavy (non-hydrogen) atoms. The topological polar surface area (TPSA) is 95.5 Å². The minimum Gasteiger partial charge on any atom is -0.480 e. The number of carbonyl (C=O) groups excluding carboxylic acids is 2. The Morgan fingerprint density at radius 2 is 2.00 bits per heavy atom. The summed E-state index contributed by atoms with van der Waals surface area (Å²) in [4.78, 5) is 32.6. The summed E-state index contributed by atoms with van der Waals surface area (Å²) < 4.78 is 0. The first-order valence-electron chi connectivity index (χ1n) is 6.43. The van der Waals surface area contributed by atoms with E-state index in [1.165, 1.54) is 18.2 Å². The number of hydrogen-bond acceptors (Lipinski definition) is 4. The molecule has 0 aromatic heterocycles.